The Kier molecular flexibility index (Phi) is 1.56. The van der Waals surface area contributed by atoms with E-state index >= 15 is 0 Å². The number of rotatable bonds is 2. The molecule has 4 heteroatoms. The van der Waals surface area contributed by atoms with E-state index in [0.29, 0.717) is 12.0 Å². The summed E-state index contributed by atoms with van der Waals surface area (Å²) >= 11 is 0. The molecule has 2 N–H and O–H groups in total. The standard InChI is InChI=1S/C8H14N4/c1-5(2)7-8(9)12(11-10-7)6-3-4-6/h5-6H,3-4,9H2,1-2H3. The Labute approximate surface area is 71.8 Å². The third-order valence-electron chi connectivity index (χ3n) is 2.20. The van der Waals surface area contributed by atoms with Crippen molar-refractivity contribution in [1.29, 1.82) is 0 Å². The molecule has 2 rings (SSSR count). The summed E-state index contributed by atoms with van der Waals surface area (Å²) in [4.78, 5) is 0. The summed E-state index contributed by atoms with van der Waals surface area (Å²) in [7, 11) is 0. The maximum Gasteiger partial charge on any atom is 0.146 e. The fourth-order valence-electron chi connectivity index (χ4n) is 1.31. The number of anilines is 1. The summed E-state index contributed by atoms with van der Waals surface area (Å²) in [5, 5.41) is 8.11. The summed E-state index contributed by atoms with van der Waals surface area (Å²) in [6.45, 7) is 4.16. The van der Waals surface area contributed by atoms with Crippen LogP contribution in [0.15, 0.2) is 0 Å². The van der Waals surface area contributed by atoms with Gasteiger partial charge >= 0.3 is 0 Å². The molecule has 0 bridgehead atoms. The number of hydrogen-bond donors (Lipinski definition) is 1. The van der Waals surface area contributed by atoms with E-state index in [2.05, 4.69) is 24.2 Å². The van der Waals surface area contributed by atoms with Crippen molar-refractivity contribution in [2.24, 2.45) is 0 Å². The SMILES string of the molecule is CC(C)c1nnn(C2CC2)c1N. The third kappa shape index (κ3) is 1.07. The first kappa shape index (κ1) is 7.58. The van der Waals surface area contributed by atoms with Gasteiger partial charge in [0.1, 0.15) is 11.5 Å². The van der Waals surface area contributed by atoms with Gasteiger partial charge in [-0.1, -0.05) is 19.1 Å². The highest BCUT2D eigenvalue weighted by atomic mass is 15.5. The van der Waals surface area contributed by atoms with Crippen LogP contribution in [0.4, 0.5) is 5.82 Å². The monoisotopic (exact) mass is 166 g/mol. The van der Waals surface area contributed by atoms with Gasteiger partial charge in [-0.15, -0.1) is 5.10 Å². The molecule has 1 fully saturated rings. The Hall–Kier alpha value is -1.06. The van der Waals surface area contributed by atoms with Gasteiger partial charge in [0.2, 0.25) is 0 Å². The molecule has 0 atom stereocenters. The fraction of sp³-hybridized carbons (Fsp3) is 0.750. The molecule has 0 radical (unpaired) electrons. The van der Waals surface area contributed by atoms with E-state index in [1.165, 1.54) is 12.8 Å². The van der Waals surface area contributed by atoms with Crippen LogP contribution in [0.5, 0.6) is 0 Å². The lowest BCUT2D eigenvalue weighted by molar-refractivity contribution is 0.617. The lowest BCUT2D eigenvalue weighted by Gasteiger charge is -2.02. The molecule has 0 aromatic carbocycles. The van der Waals surface area contributed by atoms with Crippen molar-refractivity contribution in [3.63, 3.8) is 0 Å². The molecule has 1 aliphatic carbocycles. The number of hydrogen-bond acceptors (Lipinski definition) is 3. The van der Waals surface area contributed by atoms with Crippen molar-refractivity contribution in [3.8, 4) is 0 Å². The smallest absolute Gasteiger partial charge is 0.146 e. The Balaban J connectivity index is 2.33. The Morgan fingerprint density at radius 3 is 2.58 bits per heavy atom. The van der Waals surface area contributed by atoms with Crippen molar-refractivity contribution < 1.29 is 0 Å². The Morgan fingerprint density at radius 2 is 2.17 bits per heavy atom. The number of nitrogen functional groups attached to an aromatic ring is 1. The molecule has 1 saturated carbocycles. The fourth-order valence-corrected chi connectivity index (χ4v) is 1.31. The summed E-state index contributed by atoms with van der Waals surface area (Å²) < 4.78 is 1.86. The maximum absolute atomic E-state index is 5.88. The van der Waals surface area contributed by atoms with Crippen LogP contribution < -0.4 is 5.73 Å². The maximum atomic E-state index is 5.88. The van der Waals surface area contributed by atoms with Crippen LogP contribution in [-0.4, -0.2) is 15.0 Å². The zero-order valence-electron chi connectivity index (χ0n) is 7.49. The average molecular weight is 166 g/mol. The summed E-state index contributed by atoms with van der Waals surface area (Å²) in [5.41, 5.74) is 6.82. The van der Waals surface area contributed by atoms with Gasteiger partial charge in [-0.05, 0) is 12.8 Å². The summed E-state index contributed by atoms with van der Waals surface area (Å²) in [6.07, 6.45) is 2.40. The van der Waals surface area contributed by atoms with Gasteiger partial charge < -0.3 is 5.73 Å². The highest BCUT2D eigenvalue weighted by Crippen LogP contribution is 2.37. The predicted octanol–water partition coefficient (Wildman–Crippen LogP) is 1.32. The van der Waals surface area contributed by atoms with Gasteiger partial charge in [0.05, 0.1) is 6.04 Å². The quantitative estimate of drug-likeness (QED) is 0.720. The second kappa shape index (κ2) is 2.47. The van der Waals surface area contributed by atoms with Crippen LogP contribution in [0.2, 0.25) is 0 Å². The normalized spacial score (nSPS) is 17.2. The molecule has 0 saturated heterocycles. The van der Waals surface area contributed by atoms with Crippen molar-refractivity contribution in [2.45, 2.75) is 38.6 Å². The topological polar surface area (TPSA) is 56.7 Å². The van der Waals surface area contributed by atoms with Crippen LogP contribution in [0.3, 0.4) is 0 Å². The molecular formula is C8H14N4. The number of nitrogens with zero attached hydrogens (tertiary/aromatic N) is 3. The minimum absolute atomic E-state index is 0.373. The zero-order chi connectivity index (χ0) is 8.72. The second-order valence-electron chi connectivity index (χ2n) is 3.69. The third-order valence-corrected chi connectivity index (χ3v) is 2.20. The molecule has 1 aliphatic rings. The molecule has 1 aromatic heterocycles. The van der Waals surface area contributed by atoms with Crippen LogP contribution in [0.1, 0.15) is 44.3 Å². The highest BCUT2D eigenvalue weighted by molar-refractivity contribution is 5.36. The van der Waals surface area contributed by atoms with E-state index in [9.17, 15) is 0 Å². The Bertz CT molecular complexity index is 266. The molecule has 12 heavy (non-hydrogen) atoms. The molecule has 66 valence electrons. The first-order valence-corrected chi connectivity index (χ1v) is 4.40. The lowest BCUT2D eigenvalue weighted by Crippen LogP contribution is -2.03. The number of aromatic nitrogens is 3. The molecule has 4 nitrogen and oxygen atoms in total. The average Bonchev–Trinajstić information content (AvgIpc) is 2.75. The Morgan fingerprint density at radius 1 is 1.50 bits per heavy atom. The van der Waals surface area contributed by atoms with E-state index in [1.807, 2.05) is 4.68 Å². The summed E-state index contributed by atoms with van der Waals surface area (Å²) in [5.74, 6) is 1.13. The molecule has 0 aliphatic heterocycles. The molecule has 0 amide bonds. The van der Waals surface area contributed by atoms with Gasteiger partial charge in [0.15, 0.2) is 0 Å². The molecule has 1 aromatic rings. The highest BCUT2D eigenvalue weighted by Gasteiger charge is 2.28. The minimum atomic E-state index is 0.373. The van der Waals surface area contributed by atoms with E-state index in [1.54, 1.807) is 0 Å². The van der Waals surface area contributed by atoms with E-state index in [0.717, 1.165) is 11.5 Å². The molecule has 0 unspecified atom stereocenters. The van der Waals surface area contributed by atoms with E-state index < -0.39 is 0 Å². The summed E-state index contributed by atoms with van der Waals surface area (Å²) in [6, 6.07) is 0.532. The molecule has 1 heterocycles. The minimum Gasteiger partial charge on any atom is -0.382 e. The first-order chi connectivity index (χ1) is 5.70. The van der Waals surface area contributed by atoms with E-state index in [4.69, 9.17) is 5.73 Å². The van der Waals surface area contributed by atoms with Gasteiger partial charge in [-0.3, -0.25) is 0 Å². The number of nitrogens with two attached hydrogens (primary N) is 1. The van der Waals surface area contributed by atoms with Crippen LogP contribution in [0, 0.1) is 0 Å². The zero-order valence-corrected chi connectivity index (χ0v) is 7.49. The van der Waals surface area contributed by atoms with Crippen molar-refractivity contribution in [1.82, 2.24) is 15.0 Å². The van der Waals surface area contributed by atoms with Gasteiger partial charge in [0.25, 0.3) is 0 Å². The van der Waals surface area contributed by atoms with Gasteiger partial charge in [-0.2, -0.15) is 0 Å². The second-order valence-corrected chi connectivity index (χ2v) is 3.69. The molecular weight excluding hydrogens is 152 g/mol. The van der Waals surface area contributed by atoms with Crippen molar-refractivity contribution in [2.75, 3.05) is 5.73 Å². The van der Waals surface area contributed by atoms with Crippen molar-refractivity contribution in [3.05, 3.63) is 5.69 Å². The van der Waals surface area contributed by atoms with Gasteiger partial charge in [-0.25, -0.2) is 4.68 Å². The van der Waals surface area contributed by atoms with Crippen LogP contribution in [-0.2, 0) is 0 Å². The first-order valence-electron chi connectivity index (χ1n) is 4.40. The molecule has 0 spiro atoms. The van der Waals surface area contributed by atoms with Gasteiger partial charge in [0, 0.05) is 5.92 Å². The van der Waals surface area contributed by atoms with Crippen LogP contribution in [0.25, 0.3) is 0 Å². The van der Waals surface area contributed by atoms with E-state index in [-0.39, 0.29) is 0 Å². The van der Waals surface area contributed by atoms with Crippen molar-refractivity contribution >= 4 is 5.82 Å². The largest absolute Gasteiger partial charge is 0.382 e. The van der Waals surface area contributed by atoms with Crippen LogP contribution >= 0.6 is 0 Å². The lowest BCUT2D eigenvalue weighted by atomic mass is 10.1. The predicted molar refractivity (Wildman–Crippen MR) is 46.8 cm³/mol.